The van der Waals surface area contributed by atoms with Crippen LogP contribution in [0.15, 0.2) is 22.7 Å². The molecule has 0 radical (unpaired) electrons. The Kier molecular flexibility index (Phi) is 4.45. The molecular weight excluding hydrogens is 332 g/mol. The van der Waals surface area contributed by atoms with E-state index < -0.39 is 15.3 Å². The van der Waals surface area contributed by atoms with Crippen LogP contribution >= 0.6 is 15.9 Å². The molecule has 1 aliphatic rings. The molecule has 1 aliphatic heterocycles. The molecule has 7 heteroatoms. The first-order chi connectivity index (χ1) is 9.03. The van der Waals surface area contributed by atoms with E-state index in [1.54, 1.807) is 18.2 Å². The number of hydrogen-bond donors (Lipinski definition) is 1. The van der Waals surface area contributed by atoms with Crippen molar-refractivity contribution in [1.29, 1.82) is 5.26 Å². The van der Waals surface area contributed by atoms with Crippen LogP contribution in [0.25, 0.3) is 0 Å². The molecule has 1 aromatic carbocycles. The number of anilines is 1. The molecule has 0 bridgehead atoms. The van der Waals surface area contributed by atoms with Crippen molar-refractivity contribution in [3.63, 3.8) is 0 Å². The summed E-state index contributed by atoms with van der Waals surface area (Å²) in [7, 11) is -3.49. The number of nitrogens with one attached hydrogen (secondary N) is 1. The van der Waals surface area contributed by atoms with Gasteiger partial charge >= 0.3 is 0 Å². The summed E-state index contributed by atoms with van der Waals surface area (Å²) in [6.45, 7) is 0.907. The van der Waals surface area contributed by atoms with Gasteiger partial charge in [-0.1, -0.05) is 15.9 Å². The second kappa shape index (κ2) is 5.90. The summed E-state index contributed by atoms with van der Waals surface area (Å²) in [5, 5.41) is 8.53. The number of nitrogens with zero attached hydrogens (tertiary/aromatic N) is 1. The monoisotopic (exact) mass is 344 g/mol. The average Bonchev–Trinajstić information content (AvgIpc) is 2.39. The number of sulfonamides is 1. The van der Waals surface area contributed by atoms with Gasteiger partial charge in [-0.25, -0.2) is 8.42 Å². The molecule has 1 N–H and O–H groups in total. The summed E-state index contributed by atoms with van der Waals surface area (Å²) in [5.74, 6) is 0. The largest absolute Gasteiger partial charge is 0.381 e. The minimum Gasteiger partial charge on any atom is -0.381 e. The van der Waals surface area contributed by atoms with Crippen LogP contribution in [0.1, 0.15) is 18.4 Å². The van der Waals surface area contributed by atoms with Gasteiger partial charge in [0, 0.05) is 17.7 Å². The van der Waals surface area contributed by atoms with Gasteiger partial charge in [0.1, 0.15) is 6.07 Å². The van der Waals surface area contributed by atoms with Crippen molar-refractivity contribution in [3.8, 4) is 6.07 Å². The number of ether oxygens (including phenoxy) is 1. The predicted octanol–water partition coefficient (Wildman–Crippen LogP) is 2.24. The van der Waals surface area contributed by atoms with Gasteiger partial charge in [0.05, 0.1) is 16.5 Å². The van der Waals surface area contributed by atoms with Gasteiger partial charge < -0.3 is 4.74 Å². The number of benzene rings is 1. The second-order valence-corrected chi connectivity index (χ2v) is 7.14. The first-order valence-corrected chi connectivity index (χ1v) is 8.16. The Morgan fingerprint density at radius 1 is 1.37 bits per heavy atom. The maximum Gasteiger partial charge on any atom is 0.235 e. The summed E-state index contributed by atoms with van der Waals surface area (Å²) in [4.78, 5) is 0. The molecule has 2 rings (SSSR count). The van der Waals surface area contributed by atoms with Gasteiger partial charge in [0.2, 0.25) is 10.0 Å². The number of halogens is 1. The maximum absolute atomic E-state index is 12.2. The number of nitriles is 1. The molecule has 0 amide bonds. The Labute approximate surface area is 120 Å². The van der Waals surface area contributed by atoms with Crippen molar-refractivity contribution in [1.82, 2.24) is 0 Å². The van der Waals surface area contributed by atoms with Crippen molar-refractivity contribution >= 4 is 31.6 Å². The molecule has 1 aromatic rings. The lowest BCUT2D eigenvalue weighted by Crippen LogP contribution is -2.33. The van der Waals surface area contributed by atoms with Gasteiger partial charge in [-0.15, -0.1) is 0 Å². The quantitative estimate of drug-likeness (QED) is 0.911. The molecule has 0 atom stereocenters. The van der Waals surface area contributed by atoms with Crippen molar-refractivity contribution < 1.29 is 13.2 Å². The minimum atomic E-state index is -3.49. The third kappa shape index (κ3) is 3.47. The van der Waals surface area contributed by atoms with E-state index in [0.29, 0.717) is 37.3 Å². The summed E-state index contributed by atoms with van der Waals surface area (Å²) in [6.07, 6.45) is 0.955. The van der Waals surface area contributed by atoms with Crippen molar-refractivity contribution in [2.24, 2.45) is 0 Å². The van der Waals surface area contributed by atoms with Gasteiger partial charge in [0.25, 0.3) is 0 Å². The van der Waals surface area contributed by atoms with Gasteiger partial charge in [-0.3, -0.25) is 4.72 Å². The number of hydrogen-bond acceptors (Lipinski definition) is 4. The van der Waals surface area contributed by atoms with E-state index in [0.717, 1.165) is 4.47 Å². The lowest BCUT2D eigenvalue weighted by molar-refractivity contribution is 0.0984. The first-order valence-electron chi connectivity index (χ1n) is 5.82. The third-order valence-electron chi connectivity index (χ3n) is 2.96. The Balaban J connectivity index is 2.25. The fourth-order valence-electron chi connectivity index (χ4n) is 1.92. The molecule has 5 nitrogen and oxygen atoms in total. The fourth-order valence-corrected chi connectivity index (χ4v) is 3.74. The highest BCUT2D eigenvalue weighted by Crippen LogP contribution is 2.24. The van der Waals surface area contributed by atoms with Gasteiger partial charge in [-0.05, 0) is 31.0 Å². The molecule has 19 heavy (non-hydrogen) atoms. The highest BCUT2D eigenvalue weighted by molar-refractivity contribution is 9.10. The molecule has 0 aliphatic carbocycles. The summed E-state index contributed by atoms with van der Waals surface area (Å²) in [6, 6.07) is 6.84. The van der Waals surface area contributed by atoms with Crippen LogP contribution in [0.2, 0.25) is 0 Å². The molecule has 102 valence electrons. The van der Waals surface area contributed by atoms with Crippen LogP contribution in [0, 0.1) is 11.3 Å². The van der Waals surface area contributed by atoms with Crippen molar-refractivity contribution in [3.05, 3.63) is 28.2 Å². The highest BCUT2D eigenvalue weighted by Gasteiger charge is 2.28. The topological polar surface area (TPSA) is 79.2 Å². The zero-order valence-electron chi connectivity index (χ0n) is 10.1. The van der Waals surface area contributed by atoms with E-state index in [1.165, 1.54) is 0 Å². The second-order valence-electron chi connectivity index (χ2n) is 4.26. The fraction of sp³-hybridized carbons (Fsp3) is 0.417. The van der Waals surface area contributed by atoms with E-state index in [2.05, 4.69) is 20.7 Å². The van der Waals surface area contributed by atoms with E-state index in [1.807, 2.05) is 6.07 Å². The van der Waals surface area contributed by atoms with E-state index >= 15 is 0 Å². The predicted molar refractivity (Wildman–Crippen MR) is 75.2 cm³/mol. The summed E-state index contributed by atoms with van der Waals surface area (Å²) < 4.78 is 32.9. The lowest BCUT2D eigenvalue weighted by Gasteiger charge is -2.23. The maximum atomic E-state index is 12.2. The van der Waals surface area contributed by atoms with Gasteiger partial charge in [0.15, 0.2) is 0 Å². The summed E-state index contributed by atoms with van der Waals surface area (Å²) >= 11 is 3.26. The van der Waals surface area contributed by atoms with E-state index in [9.17, 15) is 8.42 Å². The van der Waals surface area contributed by atoms with Crippen molar-refractivity contribution in [2.75, 3.05) is 17.9 Å². The minimum absolute atomic E-state index is 0.304. The zero-order valence-corrected chi connectivity index (χ0v) is 12.5. The van der Waals surface area contributed by atoms with Crippen LogP contribution in [-0.4, -0.2) is 26.9 Å². The van der Waals surface area contributed by atoms with Crippen LogP contribution in [0.3, 0.4) is 0 Å². The third-order valence-corrected chi connectivity index (χ3v) is 5.31. The Morgan fingerprint density at radius 3 is 2.68 bits per heavy atom. The van der Waals surface area contributed by atoms with Crippen LogP contribution in [-0.2, 0) is 14.8 Å². The Morgan fingerprint density at radius 2 is 2.05 bits per heavy atom. The van der Waals surface area contributed by atoms with E-state index in [4.69, 9.17) is 10.00 Å². The molecule has 0 saturated carbocycles. The smallest absolute Gasteiger partial charge is 0.235 e. The molecular formula is C12H13BrN2O3S. The van der Waals surface area contributed by atoms with Gasteiger partial charge in [-0.2, -0.15) is 5.26 Å². The molecule has 1 heterocycles. The lowest BCUT2D eigenvalue weighted by atomic mass is 10.2. The standard InChI is InChI=1S/C12H13BrN2O3S/c13-10-2-1-9(8-14)12(7-10)15-19(16,17)11-3-5-18-6-4-11/h1-2,7,11,15H,3-6H2. The first kappa shape index (κ1) is 14.3. The molecule has 0 spiro atoms. The average molecular weight is 345 g/mol. The van der Waals surface area contributed by atoms with Crippen LogP contribution in [0.5, 0.6) is 0 Å². The van der Waals surface area contributed by atoms with Crippen molar-refractivity contribution in [2.45, 2.75) is 18.1 Å². The van der Waals surface area contributed by atoms with Crippen LogP contribution < -0.4 is 4.72 Å². The SMILES string of the molecule is N#Cc1ccc(Br)cc1NS(=O)(=O)C1CCOCC1. The number of rotatable bonds is 3. The normalized spacial score (nSPS) is 16.8. The highest BCUT2D eigenvalue weighted by atomic mass is 79.9. The molecule has 1 fully saturated rings. The van der Waals surface area contributed by atoms with E-state index in [-0.39, 0.29) is 0 Å². The molecule has 0 unspecified atom stereocenters. The molecule has 0 aromatic heterocycles. The summed E-state index contributed by atoms with van der Waals surface area (Å²) in [5.41, 5.74) is 0.613. The van der Waals surface area contributed by atoms with Crippen LogP contribution in [0.4, 0.5) is 5.69 Å². The Bertz CT molecular complexity index is 604. The zero-order chi connectivity index (χ0) is 13.9. The molecule has 1 saturated heterocycles. The Hall–Kier alpha value is -1.10.